The fourth-order valence-electron chi connectivity index (χ4n) is 1.67. The van der Waals surface area contributed by atoms with Crippen molar-refractivity contribution in [2.45, 2.75) is 6.92 Å². The normalized spacial score (nSPS) is 10.1. The minimum atomic E-state index is -0.642. The molecule has 2 aromatic carbocycles. The van der Waals surface area contributed by atoms with Crippen LogP contribution in [0.2, 0.25) is 0 Å². The van der Waals surface area contributed by atoms with E-state index in [1.54, 1.807) is 12.1 Å². The number of nitrogens with one attached hydrogen (secondary N) is 1. The third-order valence-electron chi connectivity index (χ3n) is 2.53. The average molecular weight is 210 g/mol. The summed E-state index contributed by atoms with van der Waals surface area (Å²) in [6.07, 6.45) is 0. The summed E-state index contributed by atoms with van der Waals surface area (Å²) in [4.78, 5) is 11.2. The van der Waals surface area contributed by atoms with Crippen molar-refractivity contribution in [2.24, 2.45) is 0 Å². The first-order chi connectivity index (χ1) is 7.68. The minimum Gasteiger partial charge on any atom is -0.267 e. The van der Waals surface area contributed by atoms with E-state index in [1.165, 1.54) is 5.56 Å². The van der Waals surface area contributed by atoms with Crippen LogP contribution in [-0.4, -0.2) is 5.91 Å². The highest BCUT2D eigenvalue weighted by molar-refractivity contribution is 5.99. The quantitative estimate of drug-likeness (QED) is 0.750. The summed E-state index contributed by atoms with van der Waals surface area (Å²) < 4.78 is 0. The molecule has 0 aliphatic rings. The van der Waals surface area contributed by atoms with E-state index in [1.807, 2.05) is 43.3 Å². The highest BCUT2D eigenvalue weighted by Crippen LogP contribution is 2.23. The van der Waals surface area contributed by atoms with Crippen molar-refractivity contribution >= 4 is 5.91 Å². The van der Waals surface area contributed by atoms with E-state index in [2.05, 4.69) is 0 Å². The molecule has 1 radical (unpaired) electrons. The number of aryl methyl sites for hydroxylation is 1. The number of amides is 1. The summed E-state index contributed by atoms with van der Waals surface area (Å²) in [6, 6.07) is 15.1. The first-order valence-electron chi connectivity index (χ1n) is 5.10. The number of hydrogen-bond donors (Lipinski definition) is 0. The Bertz CT molecular complexity index is 515. The van der Waals surface area contributed by atoms with Crippen molar-refractivity contribution in [1.82, 2.24) is 5.73 Å². The van der Waals surface area contributed by atoms with E-state index >= 15 is 0 Å². The maximum atomic E-state index is 11.2. The predicted octanol–water partition coefficient (Wildman–Crippen LogP) is 3.09. The topological polar surface area (TPSA) is 40.9 Å². The van der Waals surface area contributed by atoms with E-state index in [9.17, 15) is 4.79 Å². The molecule has 2 rings (SSSR count). The van der Waals surface area contributed by atoms with Gasteiger partial charge in [0, 0.05) is 5.56 Å². The van der Waals surface area contributed by atoms with Gasteiger partial charge in [-0.1, -0.05) is 48.0 Å². The van der Waals surface area contributed by atoms with Crippen LogP contribution in [0.1, 0.15) is 15.9 Å². The lowest BCUT2D eigenvalue weighted by atomic mass is 9.98. The van der Waals surface area contributed by atoms with Gasteiger partial charge in [0.1, 0.15) is 0 Å². The van der Waals surface area contributed by atoms with Crippen molar-refractivity contribution in [3.05, 3.63) is 59.7 Å². The van der Waals surface area contributed by atoms with Gasteiger partial charge >= 0.3 is 0 Å². The van der Waals surface area contributed by atoms with Crippen LogP contribution < -0.4 is 5.73 Å². The zero-order valence-electron chi connectivity index (χ0n) is 9.03. The molecule has 0 heterocycles. The number of carbonyl (C=O) groups is 1. The fraction of sp³-hybridized carbons (Fsp3) is 0.0714. The number of benzene rings is 2. The second-order valence-electron chi connectivity index (χ2n) is 3.74. The summed E-state index contributed by atoms with van der Waals surface area (Å²) in [5.41, 5.74) is 10.6. The second kappa shape index (κ2) is 4.19. The fourth-order valence-corrected chi connectivity index (χ4v) is 1.67. The summed E-state index contributed by atoms with van der Waals surface area (Å²) in [6.45, 7) is 2.02. The lowest BCUT2D eigenvalue weighted by Crippen LogP contribution is -2.01. The van der Waals surface area contributed by atoms with Crippen molar-refractivity contribution in [3.63, 3.8) is 0 Å². The van der Waals surface area contributed by atoms with E-state index in [0.29, 0.717) is 5.56 Å². The van der Waals surface area contributed by atoms with E-state index in [0.717, 1.165) is 11.1 Å². The Kier molecular flexibility index (Phi) is 2.73. The van der Waals surface area contributed by atoms with Gasteiger partial charge in [-0.05, 0) is 24.1 Å². The lowest BCUT2D eigenvalue weighted by molar-refractivity contribution is 0.0992. The van der Waals surface area contributed by atoms with Crippen molar-refractivity contribution in [2.75, 3.05) is 0 Å². The number of carbonyl (C=O) groups excluding carboxylic acids is 1. The second-order valence-corrected chi connectivity index (χ2v) is 3.74. The van der Waals surface area contributed by atoms with Crippen LogP contribution >= 0.6 is 0 Å². The van der Waals surface area contributed by atoms with E-state index in [-0.39, 0.29) is 0 Å². The molecule has 0 atom stereocenters. The van der Waals surface area contributed by atoms with Crippen molar-refractivity contribution in [3.8, 4) is 11.1 Å². The predicted molar refractivity (Wildman–Crippen MR) is 64.0 cm³/mol. The largest absolute Gasteiger partial charge is 0.270 e. The van der Waals surface area contributed by atoms with Gasteiger partial charge in [-0.15, -0.1) is 0 Å². The van der Waals surface area contributed by atoms with Crippen LogP contribution in [0, 0.1) is 6.92 Å². The van der Waals surface area contributed by atoms with E-state index < -0.39 is 5.91 Å². The summed E-state index contributed by atoms with van der Waals surface area (Å²) in [7, 11) is 0. The Morgan fingerprint density at radius 1 is 1.00 bits per heavy atom. The Hall–Kier alpha value is -2.09. The molecule has 2 nitrogen and oxygen atoms in total. The van der Waals surface area contributed by atoms with Crippen LogP contribution in [0.3, 0.4) is 0 Å². The first kappa shape index (κ1) is 10.4. The molecule has 0 bridgehead atoms. The van der Waals surface area contributed by atoms with Gasteiger partial charge in [0.2, 0.25) is 0 Å². The molecular weight excluding hydrogens is 198 g/mol. The van der Waals surface area contributed by atoms with Gasteiger partial charge in [0.25, 0.3) is 5.91 Å². The van der Waals surface area contributed by atoms with Crippen LogP contribution in [0.25, 0.3) is 11.1 Å². The van der Waals surface area contributed by atoms with Crippen LogP contribution in [-0.2, 0) is 0 Å². The average Bonchev–Trinajstić information content (AvgIpc) is 2.30. The molecule has 0 saturated carbocycles. The third-order valence-corrected chi connectivity index (χ3v) is 2.53. The van der Waals surface area contributed by atoms with Gasteiger partial charge in [0.05, 0.1) is 0 Å². The molecule has 0 aliphatic carbocycles. The maximum Gasteiger partial charge on any atom is 0.270 e. The van der Waals surface area contributed by atoms with E-state index in [4.69, 9.17) is 5.73 Å². The molecular formula is C14H12NO. The van der Waals surface area contributed by atoms with Crippen LogP contribution in [0.5, 0.6) is 0 Å². The Morgan fingerprint density at radius 3 is 2.25 bits per heavy atom. The molecule has 0 unspecified atom stereocenters. The molecule has 1 N–H and O–H groups in total. The van der Waals surface area contributed by atoms with Gasteiger partial charge in [-0.3, -0.25) is 10.5 Å². The van der Waals surface area contributed by atoms with Crippen LogP contribution in [0.4, 0.5) is 0 Å². The van der Waals surface area contributed by atoms with Gasteiger partial charge in [-0.25, -0.2) is 0 Å². The molecule has 0 fully saturated rings. The lowest BCUT2D eigenvalue weighted by Gasteiger charge is -2.06. The van der Waals surface area contributed by atoms with Gasteiger partial charge in [0.15, 0.2) is 0 Å². The Morgan fingerprint density at radius 2 is 1.62 bits per heavy atom. The number of hydrogen-bond acceptors (Lipinski definition) is 1. The monoisotopic (exact) mass is 210 g/mol. The molecule has 1 amide bonds. The highest BCUT2D eigenvalue weighted by atomic mass is 16.1. The molecule has 0 spiro atoms. The SMILES string of the molecule is Cc1ccc(-c2ccccc2C([NH])=O)cc1. The zero-order chi connectivity index (χ0) is 11.5. The molecule has 16 heavy (non-hydrogen) atoms. The third kappa shape index (κ3) is 1.96. The van der Waals surface area contributed by atoms with Crippen molar-refractivity contribution in [1.29, 1.82) is 0 Å². The first-order valence-corrected chi connectivity index (χ1v) is 5.10. The summed E-state index contributed by atoms with van der Waals surface area (Å²) in [5.74, 6) is -0.642. The minimum absolute atomic E-state index is 0.450. The summed E-state index contributed by atoms with van der Waals surface area (Å²) in [5, 5.41) is 0. The Balaban J connectivity index is 2.55. The molecule has 2 heteroatoms. The Labute approximate surface area is 94.7 Å². The number of rotatable bonds is 2. The van der Waals surface area contributed by atoms with Gasteiger partial charge in [-0.2, -0.15) is 0 Å². The molecule has 0 saturated heterocycles. The van der Waals surface area contributed by atoms with Crippen LogP contribution in [0.15, 0.2) is 48.5 Å². The highest BCUT2D eigenvalue weighted by Gasteiger charge is 2.08. The molecule has 79 valence electrons. The maximum absolute atomic E-state index is 11.2. The molecule has 0 aromatic heterocycles. The van der Waals surface area contributed by atoms with Gasteiger partial charge < -0.3 is 0 Å². The standard InChI is InChI=1S/C14H12NO/c1-10-6-8-11(9-7-10)12-4-2-3-5-13(12)14(15)16/h2-9,15H,1H3. The smallest absolute Gasteiger partial charge is 0.267 e. The summed E-state index contributed by atoms with van der Waals surface area (Å²) >= 11 is 0. The molecule has 0 aliphatic heterocycles. The molecule has 2 aromatic rings. The zero-order valence-corrected chi connectivity index (χ0v) is 9.03. The van der Waals surface area contributed by atoms with Crippen molar-refractivity contribution < 1.29 is 4.79 Å².